The number of hydrogen-bond donors (Lipinski definition) is 1. The third kappa shape index (κ3) is 6.55. The van der Waals surface area contributed by atoms with Crippen molar-refractivity contribution in [1.29, 1.82) is 0 Å². The van der Waals surface area contributed by atoms with Gasteiger partial charge in [-0.15, -0.1) is 0 Å². The number of nitrogens with zero attached hydrogens (tertiary/aromatic N) is 2. The smallest absolute Gasteiger partial charge is 0.0945 e. The molecule has 92 valence electrons. The van der Waals surface area contributed by atoms with Crippen LogP contribution in [0.4, 0.5) is 0 Å². The Balaban J connectivity index is 1.78. The first-order valence-electron chi connectivity index (χ1n) is 5.66. The first kappa shape index (κ1) is 13.2. The van der Waals surface area contributed by atoms with Gasteiger partial charge in [-0.3, -0.25) is 0 Å². The van der Waals surface area contributed by atoms with Crippen molar-refractivity contribution in [2.75, 3.05) is 40.0 Å². The average molecular weight is 227 g/mol. The van der Waals surface area contributed by atoms with Gasteiger partial charge in [0.15, 0.2) is 0 Å². The van der Waals surface area contributed by atoms with Crippen LogP contribution in [0, 0.1) is 0 Å². The molecular formula is C11H21N3O2. The highest BCUT2D eigenvalue weighted by molar-refractivity contribution is 4.73. The van der Waals surface area contributed by atoms with Crippen LogP contribution in [0.2, 0.25) is 0 Å². The summed E-state index contributed by atoms with van der Waals surface area (Å²) >= 11 is 0. The second-order valence-corrected chi connectivity index (χ2v) is 3.51. The predicted octanol–water partition coefficient (Wildman–Crippen LogP) is 0.526. The molecule has 5 heteroatoms. The van der Waals surface area contributed by atoms with Crippen LogP contribution in [-0.2, 0) is 16.0 Å². The molecule has 1 rings (SSSR count). The standard InChI is InChI=1S/C11H21N3O2/c1-15-9-10-16-8-5-12-3-2-6-14-7-4-13-11-14/h4,7,11-12H,2-3,5-6,8-10H2,1H3. The molecule has 0 bridgehead atoms. The zero-order chi connectivity index (χ0) is 11.5. The van der Waals surface area contributed by atoms with Crippen LogP contribution in [0.15, 0.2) is 18.7 Å². The van der Waals surface area contributed by atoms with Gasteiger partial charge in [0.05, 0.1) is 26.1 Å². The minimum absolute atomic E-state index is 0.667. The van der Waals surface area contributed by atoms with E-state index in [-0.39, 0.29) is 0 Å². The number of hydrogen-bond acceptors (Lipinski definition) is 4. The molecule has 0 aliphatic carbocycles. The molecule has 1 aromatic heterocycles. The maximum Gasteiger partial charge on any atom is 0.0945 e. The number of aromatic nitrogens is 2. The van der Waals surface area contributed by atoms with Crippen LogP contribution >= 0.6 is 0 Å². The fourth-order valence-corrected chi connectivity index (χ4v) is 1.32. The van der Waals surface area contributed by atoms with Crippen molar-refractivity contribution in [3.8, 4) is 0 Å². The van der Waals surface area contributed by atoms with Crippen molar-refractivity contribution in [3.05, 3.63) is 18.7 Å². The maximum absolute atomic E-state index is 5.32. The molecule has 0 unspecified atom stereocenters. The van der Waals surface area contributed by atoms with Gasteiger partial charge in [0.2, 0.25) is 0 Å². The van der Waals surface area contributed by atoms with E-state index in [9.17, 15) is 0 Å². The van der Waals surface area contributed by atoms with Gasteiger partial charge in [0.25, 0.3) is 0 Å². The van der Waals surface area contributed by atoms with Gasteiger partial charge in [-0.1, -0.05) is 0 Å². The number of rotatable bonds is 10. The van der Waals surface area contributed by atoms with Gasteiger partial charge >= 0.3 is 0 Å². The Morgan fingerprint density at radius 2 is 2.19 bits per heavy atom. The van der Waals surface area contributed by atoms with E-state index in [0.29, 0.717) is 13.2 Å². The Morgan fingerprint density at radius 1 is 1.25 bits per heavy atom. The minimum atomic E-state index is 0.667. The summed E-state index contributed by atoms with van der Waals surface area (Å²) in [5.74, 6) is 0. The van der Waals surface area contributed by atoms with E-state index < -0.39 is 0 Å². The highest BCUT2D eigenvalue weighted by atomic mass is 16.5. The average Bonchev–Trinajstić information content (AvgIpc) is 2.80. The summed E-state index contributed by atoms with van der Waals surface area (Å²) in [7, 11) is 1.68. The van der Waals surface area contributed by atoms with Crippen molar-refractivity contribution in [1.82, 2.24) is 14.9 Å². The lowest BCUT2D eigenvalue weighted by Gasteiger charge is -2.06. The molecule has 0 aromatic carbocycles. The summed E-state index contributed by atoms with van der Waals surface area (Å²) in [4.78, 5) is 3.99. The van der Waals surface area contributed by atoms with Crippen LogP contribution in [0.1, 0.15) is 6.42 Å². The van der Waals surface area contributed by atoms with Crippen LogP contribution < -0.4 is 5.32 Å². The summed E-state index contributed by atoms with van der Waals surface area (Å²) in [6.07, 6.45) is 6.73. The van der Waals surface area contributed by atoms with E-state index in [1.54, 1.807) is 13.3 Å². The number of methoxy groups -OCH3 is 1. The summed E-state index contributed by atoms with van der Waals surface area (Å²) < 4.78 is 12.3. The molecule has 16 heavy (non-hydrogen) atoms. The van der Waals surface area contributed by atoms with E-state index in [0.717, 1.165) is 32.7 Å². The maximum atomic E-state index is 5.32. The van der Waals surface area contributed by atoms with Crippen molar-refractivity contribution < 1.29 is 9.47 Å². The number of ether oxygens (including phenoxy) is 2. The first-order chi connectivity index (χ1) is 7.93. The van der Waals surface area contributed by atoms with E-state index in [2.05, 4.69) is 14.9 Å². The summed E-state index contributed by atoms with van der Waals surface area (Å²) in [5, 5.41) is 3.33. The molecule has 0 spiro atoms. The van der Waals surface area contributed by atoms with E-state index >= 15 is 0 Å². The second-order valence-electron chi connectivity index (χ2n) is 3.51. The molecule has 0 aliphatic rings. The molecule has 0 fully saturated rings. The quantitative estimate of drug-likeness (QED) is 0.592. The van der Waals surface area contributed by atoms with Gasteiger partial charge in [-0.2, -0.15) is 0 Å². The number of aryl methyl sites for hydroxylation is 1. The van der Waals surface area contributed by atoms with E-state index in [4.69, 9.17) is 9.47 Å². The lowest BCUT2D eigenvalue weighted by atomic mass is 10.4. The molecule has 0 amide bonds. The zero-order valence-electron chi connectivity index (χ0n) is 9.89. The van der Waals surface area contributed by atoms with Crippen LogP contribution in [0.3, 0.4) is 0 Å². The summed E-state index contributed by atoms with van der Waals surface area (Å²) in [6.45, 7) is 5.00. The summed E-state index contributed by atoms with van der Waals surface area (Å²) in [6, 6.07) is 0. The minimum Gasteiger partial charge on any atom is -0.382 e. The van der Waals surface area contributed by atoms with E-state index in [1.165, 1.54) is 0 Å². The topological polar surface area (TPSA) is 48.3 Å². The van der Waals surface area contributed by atoms with Crippen molar-refractivity contribution in [3.63, 3.8) is 0 Å². The highest BCUT2D eigenvalue weighted by Crippen LogP contribution is 1.88. The molecule has 0 radical (unpaired) electrons. The molecule has 0 saturated heterocycles. The molecule has 1 heterocycles. The van der Waals surface area contributed by atoms with Crippen LogP contribution in [0.25, 0.3) is 0 Å². The van der Waals surface area contributed by atoms with Gasteiger partial charge < -0.3 is 19.4 Å². The van der Waals surface area contributed by atoms with Crippen molar-refractivity contribution in [2.45, 2.75) is 13.0 Å². The lowest BCUT2D eigenvalue weighted by molar-refractivity contribution is 0.0720. The SMILES string of the molecule is COCCOCCNCCCn1ccnc1. The Kier molecular flexibility index (Phi) is 7.67. The Bertz CT molecular complexity index is 239. The normalized spacial score (nSPS) is 10.8. The second kappa shape index (κ2) is 9.33. The Labute approximate surface area is 96.8 Å². The zero-order valence-corrected chi connectivity index (χ0v) is 9.89. The lowest BCUT2D eigenvalue weighted by Crippen LogP contribution is -2.22. The fourth-order valence-electron chi connectivity index (χ4n) is 1.32. The summed E-state index contributed by atoms with van der Waals surface area (Å²) in [5.41, 5.74) is 0. The van der Waals surface area contributed by atoms with Gasteiger partial charge in [0, 0.05) is 32.6 Å². The van der Waals surface area contributed by atoms with Gasteiger partial charge in [0.1, 0.15) is 0 Å². The third-order valence-corrected chi connectivity index (χ3v) is 2.18. The predicted molar refractivity (Wildman–Crippen MR) is 62.4 cm³/mol. The Hall–Kier alpha value is -0.910. The van der Waals surface area contributed by atoms with E-state index in [1.807, 2.05) is 12.5 Å². The molecule has 0 saturated carbocycles. The molecule has 0 aliphatic heterocycles. The largest absolute Gasteiger partial charge is 0.382 e. The fraction of sp³-hybridized carbons (Fsp3) is 0.727. The van der Waals surface area contributed by atoms with Crippen molar-refractivity contribution >= 4 is 0 Å². The molecular weight excluding hydrogens is 206 g/mol. The van der Waals surface area contributed by atoms with Crippen LogP contribution in [0.5, 0.6) is 0 Å². The Morgan fingerprint density at radius 3 is 2.94 bits per heavy atom. The highest BCUT2D eigenvalue weighted by Gasteiger charge is 1.91. The van der Waals surface area contributed by atoms with Crippen molar-refractivity contribution in [2.24, 2.45) is 0 Å². The first-order valence-corrected chi connectivity index (χ1v) is 5.66. The van der Waals surface area contributed by atoms with Gasteiger partial charge in [-0.05, 0) is 13.0 Å². The monoisotopic (exact) mass is 227 g/mol. The number of imidazole rings is 1. The van der Waals surface area contributed by atoms with Crippen LogP contribution in [-0.4, -0.2) is 49.6 Å². The number of nitrogens with one attached hydrogen (secondary N) is 1. The molecule has 1 N–H and O–H groups in total. The molecule has 1 aromatic rings. The van der Waals surface area contributed by atoms with Gasteiger partial charge in [-0.25, -0.2) is 4.98 Å². The molecule has 0 atom stereocenters. The molecule has 5 nitrogen and oxygen atoms in total. The third-order valence-electron chi connectivity index (χ3n) is 2.18.